The molecule has 1 heterocycles. The van der Waals surface area contributed by atoms with Gasteiger partial charge in [-0.25, -0.2) is 9.69 Å². The van der Waals surface area contributed by atoms with Crippen molar-refractivity contribution in [2.75, 3.05) is 11.5 Å². The number of benzene rings is 5. The second-order valence-corrected chi connectivity index (χ2v) is 11.7. The van der Waals surface area contributed by atoms with Crippen LogP contribution in [0.2, 0.25) is 0 Å². The average molecular weight is 590 g/mol. The standard InChI is InChI=1S/C39H27NO5/c41-32(25-20-18-24(19-21-25)23-10-2-1-3-11-23)22-45-39(44)30-16-8-9-17-31(30)40-37(42)35-33-26-12-4-5-13-27(26)34(36(35)38(40)43)29-15-7-6-14-28(29)33/h1-21,33-36H,22H2/t33?,34?,35-,36-/m1/s1. The molecule has 218 valence electrons. The molecule has 5 aromatic rings. The van der Waals surface area contributed by atoms with E-state index in [0.717, 1.165) is 33.4 Å². The maximum absolute atomic E-state index is 14.2. The van der Waals surface area contributed by atoms with E-state index in [1.165, 1.54) is 11.0 Å². The number of hydrogen-bond acceptors (Lipinski definition) is 5. The molecule has 0 spiro atoms. The third-order valence-corrected chi connectivity index (χ3v) is 9.46. The number of para-hydroxylation sites is 1. The summed E-state index contributed by atoms with van der Waals surface area (Å²) in [4.78, 5) is 55.9. The number of rotatable bonds is 6. The average Bonchev–Trinajstić information content (AvgIpc) is 3.37. The van der Waals surface area contributed by atoms with Gasteiger partial charge < -0.3 is 4.74 Å². The molecule has 2 bridgehead atoms. The second kappa shape index (κ2) is 10.5. The van der Waals surface area contributed by atoms with Gasteiger partial charge in [-0.1, -0.05) is 115 Å². The van der Waals surface area contributed by atoms with Crippen molar-refractivity contribution in [2.24, 2.45) is 11.8 Å². The molecule has 0 saturated carbocycles. The van der Waals surface area contributed by atoms with Crippen LogP contribution in [0.15, 0.2) is 127 Å². The molecular weight excluding hydrogens is 562 g/mol. The number of hydrogen-bond donors (Lipinski definition) is 0. The molecule has 1 saturated heterocycles. The molecule has 1 fully saturated rings. The Labute approximate surface area is 259 Å². The molecule has 0 unspecified atom stereocenters. The van der Waals surface area contributed by atoms with Gasteiger partial charge in [0.2, 0.25) is 11.8 Å². The summed E-state index contributed by atoms with van der Waals surface area (Å²) in [6.45, 7) is -0.472. The van der Waals surface area contributed by atoms with Gasteiger partial charge in [0.25, 0.3) is 0 Å². The number of ketones is 1. The molecule has 3 aliphatic carbocycles. The smallest absolute Gasteiger partial charge is 0.340 e. The van der Waals surface area contributed by atoms with Crippen LogP contribution in [0, 0.1) is 11.8 Å². The van der Waals surface area contributed by atoms with Crippen molar-refractivity contribution in [3.8, 4) is 11.1 Å². The van der Waals surface area contributed by atoms with E-state index in [9.17, 15) is 19.2 Å². The summed E-state index contributed by atoms with van der Waals surface area (Å²) < 4.78 is 5.47. The number of carbonyl (C=O) groups excluding carboxylic acids is 4. The van der Waals surface area contributed by atoms with Gasteiger partial charge in [0.1, 0.15) is 0 Å². The van der Waals surface area contributed by atoms with E-state index in [4.69, 9.17) is 4.74 Å². The largest absolute Gasteiger partial charge is 0.454 e. The number of carbonyl (C=O) groups is 4. The van der Waals surface area contributed by atoms with Crippen LogP contribution in [0.3, 0.4) is 0 Å². The predicted octanol–water partition coefficient (Wildman–Crippen LogP) is 6.79. The lowest BCUT2D eigenvalue weighted by atomic mass is 9.55. The summed E-state index contributed by atoms with van der Waals surface area (Å²) in [5.41, 5.74) is 6.97. The first kappa shape index (κ1) is 27.0. The van der Waals surface area contributed by atoms with Crippen LogP contribution in [0.4, 0.5) is 5.69 Å². The molecule has 2 amide bonds. The minimum Gasteiger partial charge on any atom is -0.454 e. The van der Waals surface area contributed by atoms with E-state index < -0.39 is 24.4 Å². The topological polar surface area (TPSA) is 80.8 Å². The van der Waals surface area contributed by atoms with Crippen LogP contribution in [0.5, 0.6) is 0 Å². The highest BCUT2D eigenvalue weighted by Crippen LogP contribution is 2.61. The lowest BCUT2D eigenvalue weighted by Crippen LogP contribution is -2.41. The van der Waals surface area contributed by atoms with E-state index in [0.29, 0.717) is 5.56 Å². The Morgan fingerprint density at radius 3 is 1.58 bits per heavy atom. The maximum atomic E-state index is 14.2. The van der Waals surface area contributed by atoms with Crippen LogP contribution < -0.4 is 4.90 Å². The summed E-state index contributed by atoms with van der Waals surface area (Å²) in [6.07, 6.45) is 0. The van der Waals surface area contributed by atoms with Crippen molar-refractivity contribution >= 4 is 29.3 Å². The van der Waals surface area contributed by atoms with E-state index in [2.05, 4.69) is 24.3 Å². The number of imide groups is 1. The van der Waals surface area contributed by atoms with Gasteiger partial charge in [-0.3, -0.25) is 14.4 Å². The van der Waals surface area contributed by atoms with Crippen molar-refractivity contribution < 1.29 is 23.9 Å². The zero-order valence-corrected chi connectivity index (χ0v) is 24.1. The number of amides is 2. The van der Waals surface area contributed by atoms with Crippen molar-refractivity contribution in [2.45, 2.75) is 11.8 Å². The SMILES string of the molecule is O=C(COC(=O)c1ccccc1N1C(=O)[C@@H]2C3c4ccccc4C(c4ccccc43)[C@H]2C1=O)c1ccc(-c2ccccc2)cc1. The Hall–Kier alpha value is -5.62. The third-order valence-electron chi connectivity index (χ3n) is 9.46. The zero-order chi connectivity index (χ0) is 30.7. The molecular formula is C39H27NO5. The van der Waals surface area contributed by atoms with Crippen molar-refractivity contribution in [1.82, 2.24) is 0 Å². The van der Waals surface area contributed by atoms with E-state index in [1.807, 2.05) is 66.7 Å². The summed E-state index contributed by atoms with van der Waals surface area (Å²) in [7, 11) is 0. The number of nitrogens with zero attached hydrogens (tertiary/aromatic N) is 1. The minimum absolute atomic E-state index is 0.0625. The molecule has 0 radical (unpaired) electrons. The zero-order valence-electron chi connectivity index (χ0n) is 24.1. The van der Waals surface area contributed by atoms with Gasteiger partial charge in [-0.05, 0) is 45.5 Å². The molecule has 9 rings (SSSR count). The van der Waals surface area contributed by atoms with Crippen LogP contribution in [0.25, 0.3) is 11.1 Å². The van der Waals surface area contributed by atoms with Gasteiger partial charge in [0.15, 0.2) is 12.4 Å². The number of ether oxygens (including phenoxy) is 1. The molecule has 1 aliphatic heterocycles. The maximum Gasteiger partial charge on any atom is 0.340 e. The minimum atomic E-state index is -0.773. The highest BCUT2D eigenvalue weighted by Gasteiger charge is 2.62. The van der Waals surface area contributed by atoms with Crippen molar-refractivity contribution in [3.05, 3.63) is 161 Å². The van der Waals surface area contributed by atoms with Gasteiger partial charge in [0.05, 0.1) is 23.1 Å². The molecule has 2 atom stereocenters. The number of esters is 1. The van der Waals surface area contributed by atoms with Crippen LogP contribution >= 0.6 is 0 Å². The number of anilines is 1. The van der Waals surface area contributed by atoms with Crippen LogP contribution in [-0.2, 0) is 14.3 Å². The summed E-state index contributed by atoms with van der Waals surface area (Å²) in [6, 6.07) is 39.5. The molecule has 0 N–H and O–H groups in total. The fraction of sp³-hybridized carbons (Fsp3) is 0.128. The Balaban J connectivity index is 1.06. The second-order valence-electron chi connectivity index (χ2n) is 11.7. The summed E-state index contributed by atoms with van der Waals surface area (Å²) in [5.74, 6) is -3.42. The van der Waals surface area contributed by atoms with Gasteiger partial charge in [0, 0.05) is 17.4 Å². The molecule has 6 nitrogen and oxygen atoms in total. The van der Waals surface area contributed by atoms with Crippen molar-refractivity contribution in [1.29, 1.82) is 0 Å². The van der Waals surface area contributed by atoms with E-state index in [-0.39, 0.29) is 40.7 Å². The first-order valence-corrected chi connectivity index (χ1v) is 15.0. The lowest BCUT2D eigenvalue weighted by Gasteiger charge is -2.45. The lowest BCUT2D eigenvalue weighted by molar-refractivity contribution is -0.122. The predicted molar refractivity (Wildman–Crippen MR) is 169 cm³/mol. The van der Waals surface area contributed by atoms with E-state index in [1.54, 1.807) is 30.3 Å². The van der Waals surface area contributed by atoms with Gasteiger partial charge in [-0.2, -0.15) is 0 Å². The van der Waals surface area contributed by atoms with Crippen LogP contribution in [0.1, 0.15) is 54.8 Å². The van der Waals surface area contributed by atoms with Gasteiger partial charge in [-0.15, -0.1) is 0 Å². The monoisotopic (exact) mass is 589 g/mol. The summed E-state index contributed by atoms with van der Waals surface area (Å²) in [5, 5.41) is 0. The quantitative estimate of drug-likeness (QED) is 0.124. The molecule has 4 aliphatic rings. The first-order chi connectivity index (χ1) is 22.0. The van der Waals surface area contributed by atoms with Crippen molar-refractivity contribution in [3.63, 3.8) is 0 Å². The molecule has 6 heteroatoms. The Morgan fingerprint density at radius 2 is 1.02 bits per heavy atom. The molecule has 45 heavy (non-hydrogen) atoms. The van der Waals surface area contributed by atoms with E-state index >= 15 is 0 Å². The fourth-order valence-corrected chi connectivity index (χ4v) is 7.53. The Bertz CT molecular complexity index is 1900. The highest BCUT2D eigenvalue weighted by molar-refractivity contribution is 6.25. The summed E-state index contributed by atoms with van der Waals surface area (Å²) >= 11 is 0. The third kappa shape index (κ3) is 4.17. The highest BCUT2D eigenvalue weighted by atomic mass is 16.5. The molecule has 5 aromatic carbocycles. The normalized spacial score (nSPS) is 20.8. The fourth-order valence-electron chi connectivity index (χ4n) is 7.53. The van der Waals surface area contributed by atoms with Gasteiger partial charge >= 0.3 is 5.97 Å². The van der Waals surface area contributed by atoms with Crippen LogP contribution in [-0.4, -0.2) is 30.2 Å². The Kier molecular flexibility index (Phi) is 6.31. The molecule has 0 aromatic heterocycles. The first-order valence-electron chi connectivity index (χ1n) is 15.0. The Morgan fingerprint density at radius 1 is 0.556 bits per heavy atom. The number of Topliss-reactive ketones (excluding diaryl/α,β-unsaturated/α-hetero) is 1.